The predicted molar refractivity (Wildman–Crippen MR) is 108 cm³/mol. The Bertz CT molecular complexity index is 604. The second-order valence-corrected chi connectivity index (χ2v) is 7.21. The van der Waals surface area contributed by atoms with Crippen molar-refractivity contribution in [3.63, 3.8) is 0 Å². The molecule has 2 aliphatic rings. The van der Waals surface area contributed by atoms with E-state index in [9.17, 15) is 0 Å². The van der Waals surface area contributed by atoms with Crippen LogP contribution in [0.25, 0.3) is 0 Å². The van der Waals surface area contributed by atoms with Crippen molar-refractivity contribution >= 4 is 5.96 Å². The lowest BCUT2D eigenvalue weighted by Gasteiger charge is -2.32. The SMILES string of the molecule is C=CCN1CCC(NC(=NC)NCc2ccccc2OC2CCC2)CC1. The third-order valence-corrected chi connectivity index (χ3v) is 5.30. The summed E-state index contributed by atoms with van der Waals surface area (Å²) in [5.41, 5.74) is 1.18. The maximum atomic E-state index is 6.12. The summed E-state index contributed by atoms with van der Waals surface area (Å²) < 4.78 is 6.12. The van der Waals surface area contributed by atoms with E-state index in [0.717, 1.165) is 50.7 Å². The van der Waals surface area contributed by atoms with Gasteiger partial charge < -0.3 is 15.4 Å². The summed E-state index contributed by atoms with van der Waals surface area (Å²) in [6, 6.07) is 8.78. The number of nitrogens with one attached hydrogen (secondary N) is 2. The zero-order valence-corrected chi connectivity index (χ0v) is 15.9. The van der Waals surface area contributed by atoms with Gasteiger partial charge in [0, 0.05) is 44.8 Å². The van der Waals surface area contributed by atoms with Crippen LogP contribution in [0.15, 0.2) is 41.9 Å². The Labute approximate surface area is 157 Å². The zero-order chi connectivity index (χ0) is 18.2. The Kier molecular flexibility index (Phi) is 6.95. The van der Waals surface area contributed by atoms with Crippen molar-refractivity contribution in [2.75, 3.05) is 26.7 Å². The number of likely N-dealkylation sites (tertiary alicyclic amines) is 1. The first-order valence-corrected chi connectivity index (χ1v) is 9.83. The van der Waals surface area contributed by atoms with Gasteiger partial charge in [0.2, 0.25) is 0 Å². The molecule has 3 rings (SSSR count). The molecule has 26 heavy (non-hydrogen) atoms. The molecule has 2 fully saturated rings. The van der Waals surface area contributed by atoms with Crippen molar-refractivity contribution in [1.29, 1.82) is 0 Å². The highest BCUT2D eigenvalue weighted by molar-refractivity contribution is 5.80. The highest BCUT2D eigenvalue weighted by atomic mass is 16.5. The van der Waals surface area contributed by atoms with Crippen molar-refractivity contribution in [1.82, 2.24) is 15.5 Å². The average molecular weight is 357 g/mol. The van der Waals surface area contributed by atoms with E-state index in [-0.39, 0.29) is 0 Å². The molecule has 142 valence electrons. The van der Waals surface area contributed by atoms with E-state index in [2.05, 4.69) is 45.3 Å². The fourth-order valence-corrected chi connectivity index (χ4v) is 3.44. The number of benzene rings is 1. The van der Waals surface area contributed by atoms with Crippen molar-refractivity contribution in [3.05, 3.63) is 42.5 Å². The van der Waals surface area contributed by atoms with Gasteiger partial charge in [0.05, 0.1) is 6.10 Å². The molecular formula is C21H32N4O. The van der Waals surface area contributed by atoms with Gasteiger partial charge in [0.1, 0.15) is 5.75 Å². The molecule has 0 unspecified atom stereocenters. The minimum Gasteiger partial charge on any atom is -0.490 e. The number of piperidine rings is 1. The van der Waals surface area contributed by atoms with Gasteiger partial charge in [0.15, 0.2) is 5.96 Å². The summed E-state index contributed by atoms with van der Waals surface area (Å²) >= 11 is 0. The summed E-state index contributed by atoms with van der Waals surface area (Å²) in [5.74, 6) is 1.86. The molecule has 1 aromatic rings. The standard InChI is InChI=1S/C21H32N4O/c1-3-13-25-14-11-18(12-15-25)24-21(22-2)23-16-17-7-4-5-10-20(17)26-19-8-6-9-19/h3-5,7,10,18-19H,1,6,8-9,11-16H2,2H3,(H2,22,23,24). The van der Waals surface area contributed by atoms with Gasteiger partial charge in [-0.3, -0.25) is 9.89 Å². The maximum absolute atomic E-state index is 6.12. The van der Waals surface area contributed by atoms with Crippen molar-refractivity contribution in [2.24, 2.45) is 4.99 Å². The van der Waals surface area contributed by atoms with Gasteiger partial charge in [-0.2, -0.15) is 0 Å². The van der Waals surface area contributed by atoms with E-state index in [1.165, 1.54) is 24.8 Å². The van der Waals surface area contributed by atoms with E-state index in [4.69, 9.17) is 4.74 Å². The second-order valence-electron chi connectivity index (χ2n) is 7.21. The summed E-state index contributed by atoms with van der Waals surface area (Å²) in [7, 11) is 1.83. The number of aliphatic imine (C=N–C) groups is 1. The van der Waals surface area contributed by atoms with E-state index in [0.29, 0.717) is 12.1 Å². The lowest BCUT2D eigenvalue weighted by molar-refractivity contribution is 0.119. The molecule has 1 heterocycles. The number of ether oxygens (including phenoxy) is 1. The van der Waals surface area contributed by atoms with Crippen LogP contribution in [0.2, 0.25) is 0 Å². The molecule has 1 aliphatic carbocycles. The lowest BCUT2D eigenvalue weighted by atomic mass is 9.96. The zero-order valence-electron chi connectivity index (χ0n) is 15.9. The Morgan fingerprint density at radius 1 is 1.27 bits per heavy atom. The molecule has 1 aliphatic heterocycles. The number of rotatable bonds is 7. The number of guanidine groups is 1. The molecule has 5 nitrogen and oxygen atoms in total. The monoisotopic (exact) mass is 356 g/mol. The summed E-state index contributed by atoms with van der Waals surface area (Å²) in [4.78, 5) is 6.83. The first kappa shape index (κ1) is 18.8. The Hall–Kier alpha value is -2.01. The Morgan fingerprint density at radius 2 is 2.04 bits per heavy atom. The molecule has 1 saturated heterocycles. The van der Waals surface area contributed by atoms with Crippen LogP contribution >= 0.6 is 0 Å². The highest BCUT2D eigenvalue weighted by Crippen LogP contribution is 2.27. The molecule has 1 saturated carbocycles. The lowest BCUT2D eigenvalue weighted by Crippen LogP contribution is -2.48. The highest BCUT2D eigenvalue weighted by Gasteiger charge is 2.21. The molecule has 0 aromatic heterocycles. The molecule has 0 amide bonds. The summed E-state index contributed by atoms with van der Waals surface area (Å²) in [6.45, 7) is 7.75. The maximum Gasteiger partial charge on any atom is 0.191 e. The molecule has 2 N–H and O–H groups in total. The topological polar surface area (TPSA) is 48.9 Å². The first-order valence-electron chi connectivity index (χ1n) is 9.83. The third kappa shape index (κ3) is 5.24. The molecule has 5 heteroatoms. The summed E-state index contributed by atoms with van der Waals surface area (Å²) in [5, 5.41) is 7.01. The van der Waals surface area contributed by atoms with E-state index in [1.54, 1.807) is 0 Å². The number of hydrogen-bond donors (Lipinski definition) is 2. The fourth-order valence-electron chi connectivity index (χ4n) is 3.44. The number of hydrogen-bond acceptors (Lipinski definition) is 3. The minimum absolute atomic E-state index is 0.398. The van der Waals surface area contributed by atoms with Crippen LogP contribution in [0, 0.1) is 0 Å². The van der Waals surface area contributed by atoms with Crippen LogP contribution < -0.4 is 15.4 Å². The second kappa shape index (κ2) is 9.62. The predicted octanol–water partition coefficient (Wildman–Crippen LogP) is 2.93. The molecule has 0 spiro atoms. The van der Waals surface area contributed by atoms with Crippen LogP contribution in [-0.4, -0.2) is 49.7 Å². The van der Waals surface area contributed by atoms with Crippen molar-refractivity contribution in [3.8, 4) is 5.75 Å². The largest absolute Gasteiger partial charge is 0.490 e. The van der Waals surface area contributed by atoms with Crippen LogP contribution in [0.1, 0.15) is 37.7 Å². The fraction of sp³-hybridized carbons (Fsp3) is 0.571. The quantitative estimate of drug-likeness (QED) is 0.448. The van der Waals surface area contributed by atoms with Crippen molar-refractivity contribution < 1.29 is 4.74 Å². The van der Waals surface area contributed by atoms with Gasteiger partial charge in [-0.25, -0.2) is 0 Å². The normalized spacial score (nSPS) is 19.7. The van der Waals surface area contributed by atoms with Gasteiger partial charge in [-0.15, -0.1) is 6.58 Å². The van der Waals surface area contributed by atoms with Crippen LogP contribution in [0.3, 0.4) is 0 Å². The minimum atomic E-state index is 0.398. The number of nitrogens with zero attached hydrogens (tertiary/aromatic N) is 2. The van der Waals surface area contributed by atoms with E-state index >= 15 is 0 Å². The first-order chi connectivity index (χ1) is 12.8. The molecular weight excluding hydrogens is 324 g/mol. The van der Waals surface area contributed by atoms with Gasteiger partial charge in [-0.05, 0) is 38.2 Å². The molecule has 1 aromatic carbocycles. The average Bonchev–Trinajstić information content (AvgIpc) is 2.64. The Balaban J connectivity index is 1.48. The molecule has 0 atom stereocenters. The smallest absolute Gasteiger partial charge is 0.191 e. The van der Waals surface area contributed by atoms with E-state index < -0.39 is 0 Å². The third-order valence-electron chi connectivity index (χ3n) is 5.30. The number of para-hydroxylation sites is 1. The van der Waals surface area contributed by atoms with Gasteiger partial charge in [-0.1, -0.05) is 24.3 Å². The van der Waals surface area contributed by atoms with Gasteiger partial charge in [0.25, 0.3) is 0 Å². The van der Waals surface area contributed by atoms with Crippen LogP contribution in [-0.2, 0) is 6.54 Å². The summed E-state index contributed by atoms with van der Waals surface area (Å²) in [6.07, 6.45) is 8.29. The van der Waals surface area contributed by atoms with Crippen LogP contribution in [0.4, 0.5) is 0 Å². The van der Waals surface area contributed by atoms with Crippen molar-refractivity contribution in [2.45, 2.75) is 50.8 Å². The molecule has 0 radical (unpaired) electrons. The molecule has 0 bridgehead atoms. The van der Waals surface area contributed by atoms with Gasteiger partial charge >= 0.3 is 0 Å². The van der Waals surface area contributed by atoms with E-state index in [1.807, 2.05) is 19.2 Å². The van der Waals surface area contributed by atoms with Crippen LogP contribution in [0.5, 0.6) is 5.75 Å². The Morgan fingerprint density at radius 3 is 2.69 bits per heavy atom.